The maximum absolute atomic E-state index is 12.7. The van der Waals surface area contributed by atoms with Crippen LogP contribution in [0.3, 0.4) is 0 Å². The molecule has 2 N–H and O–H groups in total. The molecule has 3 nitrogen and oxygen atoms in total. The summed E-state index contributed by atoms with van der Waals surface area (Å²) < 4.78 is 0. The highest BCUT2D eigenvalue weighted by Gasteiger charge is 2.27. The second-order valence-corrected chi connectivity index (χ2v) is 7.12. The fourth-order valence-corrected chi connectivity index (χ4v) is 3.37. The van der Waals surface area contributed by atoms with E-state index in [4.69, 9.17) is 0 Å². The molecule has 3 atom stereocenters. The van der Waals surface area contributed by atoms with Gasteiger partial charge in [0.2, 0.25) is 5.91 Å². The van der Waals surface area contributed by atoms with Gasteiger partial charge in [0, 0.05) is 12.0 Å². The third-order valence-corrected chi connectivity index (χ3v) is 4.58. The zero-order valence-electron chi connectivity index (χ0n) is 14.8. The van der Waals surface area contributed by atoms with Crippen LogP contribution in [0.5, 0.6) is 0 Å². The van der Waals surface area contributed by atoms with E-state index in [0.29, 0.717) is 12.0 Å². The van der Waals surface area contributed by atoms with Crippen LogP contribution in [0.4, 0.5) is 0 Å². The van der Waals surface area contributed by atoms with Gasteiger partial charge in [-0.25, -0.2) is 0 Å². The van der Waals surface area contributed by atoms with E-state index in [1.165, 1.54) is 11.1 Å². The highest BCUT2D eigenvalue weighted by atomic mass is 35.5. The van der Waals surface area contributed by atoms with Crippen molar-refractivity contribution in [3.63, 3.8) is 0 Å². The van der Waals surface area contributed by atoms with Crippen molar-refractivity contribution in [2.24, 2.45) is 11.8 Å². The molecule has 0 radical (unpaired) electrons. The molecule has 1 aromatic carbocycles. The molecule has 1 aliphatic rings. The zero-order valence-corrected chi connectivity index (χ0v) is 15.6. The van der Waals surface area contributed by atoms with Crippen LogP contribution < -0.4 is 10.6 Å². The molecule has 0 aliphatic carbocycles. The van der Waals surface area contributed by atoms with Gasteiger partial charge in [0.25, 0.3) is 0 Å². The minimum atomic E-state index is 0. The number of piperidine rings is 1. The summed E-state index contributed by atoms with van der Waals surface area (Å²) in [6.07, 6.45) is 2.86. The van der Waals surface area contributed by atoms with Crippen molar-refractivity contribution in [3.05, 3.63) is 35.4 Å². The van der Waals surface area contributed by atoms with E-state index in [0.717, 1.165) is 25.8 Å². The van der Waals surface area contributed by atoms with Crippen LogP contribution >= 0.6 is 12.4 Å². The molecule has 1 unspecified atom stereocenters. The predicted octanol–water partition coefficient (Wildman–Crippen LogP) is 4.01. The Hall–Kier alpha value is -1.06. The summed E-state index contributed by atoms with van der Waals surface area (Å²) in [5.74, 6) is 0.925. The average Bonchev–Trinajstić information content (AvgIpc) is 2.46. The van der Waals surface area contributed by atoms with Gasteiger partial charge in [-0.3, -0.25) is 4.79 Å². The van der Waals surface area contributed by atoms with E-state index >= 15 is 0 Å². The number of aryl methyl sites for hydroxylation is 1. The summed E-state index contributed by atoms with van der Waals surface area (Å²) in [6, 6.07) is 8.95. The highest BCUT2D eigenvalue weighted by Crippen LogP contribution is 2.26. The molecule has 0 saturated carbocycles. The first kappa shape index (κ1) is 20.0. The molecule has 1 saturated heterocycles. The van der Waals surface area contributed by atoms with Crippen molar-refractivity contribution in [1.82, 2.24) is 10.6 Å². The van der Waals surface area contributed by atoms with Crippen LogP contribution in [0.15, 0.2) is 24.3 Å². The molecule has 1 heterocycles. The first-order chi connectivity index (χ1) is 10.5. The van der Waals surface area contributed by atoms with Crippen LogP contribution in [-0.2, 0) is 4.79 Å². The van der Waals surface area contributed by atoms with E-state index in [1.807, 2.05) is 0 Å². The Bertz CT molecular complexity index is 504. The van der Waals surface area contributed by atoms with Crippen molar-refractivity contribution >= 4 is 18.3 Å². The lowest BCUT2D eigenvalue weighted by atomic mass is 9.90. The fourth-order valence-electron chi connectivity index (χ4n) is 3.37. The number of carbonyl (C=O) groups is 1. The first-order valence-corrected chi connectivity index (χ1v) is 8.56. The minimum absolute atomic E-state index is 0. The summed E-state index contributed by atoms with van der Waals surface area (Å²) in [4.78, 5) is 12.7. The quantitative estimate of drug-likeness (QED) is 0.851. The number of hydrogen-bond acceptors (Lipinski definition) is 2. The number of halogens is 1. The number of rotatable bonds is 5. The van der Waals surface area contributed by atoms with Gasteiger partial charge >= 0.3 is 0 Å². The SMILES string of the molecule is Cc1ccccc1C(CC(C)C)NC(=O)[C@H]1CCN[C@@H](C)C1.Cl. The van der Waals surface area contributed by atoms with Gasteiger partial charge in [-0.15, -0.1) is 12.4 Å². The third-order valence-electron chi connectivity index (χ3n) is 4.58. The summed E-state index contributed by atoms with van der Waals surface area (Å²) in [5.41, 5.74) is 2.51. The number of hydrogen-bond donors (Lipinski definition) is 2. The monoisotopic (exact) mass is 338 g/mol. The van der Waals surface area contributed by atoms with Crippen molar-refractivity contribution < 1.29 is 4.79 Å². The number of nitrogens with one attached hydrogen (secondary N) is 2. The van der Waals surface area contributed by atoms with Gasteiger partial charge in [0.05, 0.1) is 6.04 Å². The topological polar surface area (TPSA) is 41.1 Å². The standard InChI is InChI=1S/C19H30N2O.ClH/c1-13(2)11-18(17-8-6-5-7-14(17)3)21-19(22)16-9-10-20-15(4)12-16;/h5-8,13,15-16,18,20H,9-12H2,1-4H3,(H,21,22);1H/t15-,16-,18?;/m0./s1. The van der Waals surface area contributed by atoms with E-state index in [2.05, 4.69) is 62.6 Å². The number of benzene rings is 1. The normalized spacial score (nSPS) is 22.3. The Kier molecular flexibility index (Phi) is 8.07. The van der Waals surface area contributed by atoms with Crippen molar-refractivity contribution in [1.29, 1.82) is 0 Å². The van der Waals surface area contributed by atoms with Crippen LogP contribution in [0.2, 0.25) is 0 Å². The van der Waals surface area contributed by atoms with Gasteiger partial charge in [-0.1, -0.05) is 38.1 Å². The molecule has 1 aromatic rings. The molecule has 4 heteroatoms. The van der Waals surface area contributed by atoms with Crippen molar-refractivity contribution in [3.8, 4) is 0 Å². The molecule has 130 valence electrons. The molecule has 23 heavy (non-hydrogen) atoms. The second-order valence-electron chi connectivity index (χ2n) is 7.12. The number of carbonyl (C=O) groups excluding carboxylic acids is 1. The lowest BCUT2D eigenvalue weighted by molar-refractivity contribution is -0.127. The molecule has 1 amide bonds. The molecule has 0 spiro atoms. The summed E-state index contributed by atoms with van der Waals surface area (Å²) in [6.45, 7) is 9.65. The van der Waals surface area contributed by atoms with Gasteiger partial charge in [-0.2, -0.15) is 0 Å². The Morgan fingerprint density at radius 1 is 1.35 bits per heavy atom. The maximum atomic E-state index is 12.7. The summed E-state index contributed by atoms with van der Waals surface area (Å²) in [7, 11) is 0. The molecular weight excluding hydrogens is 308 g/mol. The first-order valence-electron chi connectivity index (χ1n) is 8.56. The fraction of sp³-hybridized carbons (Fsp3) is 0.632. The number of amides is 1. The van der Waals surface area contributed by atoms with E-state index in [1.54, 1.807) is 0 Å². The zero-order chi connectivity index (χ0) is 16.1. The Morgan fingerprint density at radius 2 is 2.04 bits per heavy atom. The Morgan fingerprint density at radius 3 is 2.65 bits per heavy atom. The van der Waals surface area contributed by atoms with Crippen LogP contribution in [0.1, 0.15) is 57.2 Å². The summed E-state index contributed by atoms with van der Waals surface area (Å²) >= 11 is 0. The van der Waals surface area contributed by atoms with Gasteiger partial charge in [-0.05, 0) is 56.7 Å². The Labute approximate surface area is 147 Å². The molecule has 0 bridgehead atoms. The Balaban J connectivity index is 0.00000264. The van der Waals surface area contributed by atoms with Crippen LogP contribution in [-0.4, -0.2) is 18.5 Å². The predicted molar refractivity (Wildman–Crippen MR) is 99.0 cm³/mol. The van der Waals surface area contributed by atoms with E-state index < -0.39 is 0 Å². The van der Waals surface area contributed by atoms with E-state index in [-0.39, 0.29) is 30.3 Å². The molecule has 0 aromatic heterocycles. The molecular formula is C19H31ClN2O. The largest absolute Gasteiger partial charge is 0.349 e. The van der Waals surface area contributed by atoms with Gasteiger partial charge < -0.3 is 10.6 Å². The second kappa shape index (κ2) is 9.29. The molecule has 1 aliphatic heterocycles. The minimum Gasteiger partial charge on any atom is -0.349 e. The molecule has 2 rings (SSSR count). The van der Waals surface area contributed by atoms with E-state index in [9.17, 15) is 4.79 Å². The average molecular weight is 339 g/mol. The van der Waals surface area contributed by atoms with Gasteiger partial charge in [0.15, 0.2) is 0 Å². The van der Waals surface area contributed by atoms with Gasteiger partial charge in [0.1, 0.15) is 0 Å². The summed E-state index contributed by atoms with van der Waals surface area (Å²) in [5, 5.41) is 6.74. The van der Waals surface area contributed by atoms with Crippen molar-refractivity contribution in [2.45, 2.75) is 59.0 Å². The highest BCUT2D eigenvalue weighted by molar-refractivity contribution is 5.85. The molecule has 1 fully saturated rings. The lowest BCUT2D eigenvalue weighted by Gasteiger charge is -2.30. The lowest BCUT2D eigenvalue weighted by Crippen LogP contribution is -2.43. The smallest absolute Gasteiger partial charge is 0.223 e. The third kappa shape index (κ3) is 5.82. The van der Waals surface area contributed by atoms with Crippen LogP contribution in [0, 0.1) is 18.8 Å². The maximum Gasteiger partial charge on any atom is 0.223 e. The van der Waals surface area contributed by atoms with Crippen molar-refractivity contribution in [2.75, 3.05) is 6.54 Å². The van der Waals surface area contributed by atoms with Crippen LogP contribution in [0.25, 0.3) is 0 Å².